The standard InChI is InChI=1S/C32H40ClN3O5S2/c1-5-8-21-34-32(38)30(6-2)35(22-24-9-11-25(33)12-10-24)31(37)23-36(26-13-15-27(16-14-26)41-7-3)43(39,40)29-19-17-28(42-4)18-20-29/h9-20,30H,5-8,21-23H2,1-4H3,(H,34,38). The Balaban J connectivity index is 2.04. The van der Waals surface area contributed by atoms with Crippen molar-refractivity contribution < 1.29 is 22.7 Å². The Kier molecular flexibility index (Phi) is 13.2. The van der Waals surface area contributed by atoms with Crippen LogP contribution in [0.1, 0.15) is 45.6 Å². The molecule has 0 spiro atoms. The van der Waals surface area contributed by atoms with Gasteiger partial charge in [0.25, 0.3) is 10.0 Å². The predicted molar refractivity (Wildman–Crippen MR) is 174 cm³/mol. The van der Waals surface area contributed by atoms with Crippen LogP contribution in [-0.2, 0) is 26.2 Å². The monoisotopic (exact) mass is 645 g/mol. The molecule has 0 aliphatic carbocycles. The van der Waals surface area contributed by atoms with E-state index in [-0.39, 0.29) is 17.3 Å². The number of unbranched alkanes of at least 4 members (excludes halogenated alkanes) is 1. The first-order chi connectivity index (χ1) is 20.6. The highest BCUT2D eigenvalue weighted by Crippen LogP contribution is 2.28. The van der Waals surface area contributed by atoms with E-state index >= 15 is 0 Å². The summed E-state index contributed by atoms with van der Waals surface area (Å²) in [6.45, 7) is 6.28. The van der Waals surface area contributed by atoms with E-state index in [2.05, 4.69) is 5.32 Å². The smallest absolute Gasteiger partial charge is 0.264 e. The van der Waals surface area contributed by atoms with Crippen LogP contribution in [0.4, 0.5) is 5.69 Å². The van der Waals surface area contributed by atoms with Gasteiger partial charge < -0.3 is 15.0 Å². The number of nitrogens with zero attached hydrogens (tertiary/aromatic N) is 2. The number of amides is 2. The average Bonchev–Trinajstić information content (AvgIpc) is 3.01. The minimum atomic E-state index is -4.16. The SMILES string of the molecule is CCCCNC(=O)C(CC)N(Cc1ccc(Cl)cc1)C(=O)CN(c1ccc(OCC)cc1)S(=O)(=O)c1ccc(SC)cc1. The molecule has 11 heteroatoms. The molecule has 1 N–H and O–H groups in total. The van der Waals surface area contributed by atoms with E-state index in [9.17, 15) is 18.0 Å². The van der Waals surface area contributed by atoms with E-state index in [1.54, 1.807) is 60.7 Å². The zero-order valence-corrected chi connectivity index (χ0v) is 27.5. The van der Waals surface area contributed by atoms with Gasteiger partial charge >= 0.3 is 0 Å². The number of halogens is 1. The third kappa shape index (κ3) is 9.39. The number of hydrogen-bond donors (Lipinski definition) is 1. The number of nitrogens with one attached hydrogen (secondary N) is 1. The molecule has 0 aliphatic rings. The van der Waals surface area contributed by atoms with Crippen molar-refractivity contribution >= 4 is 50.9 Å². The van der Waals surface area contributed by atoms with Gasteiger partial charge in [0.15, 0.2) is 0 Å². The van der Waals surface area contributed by atoms with Crippen LogP contribution in [0.15, 0.2) is 82.6 Å². The summed E-state index contributed by atoms with van der Waals surface area (Å²) in [5.41, 5.74) is 1.07. The summed E-state index contributed by atoms with van der Waals surface area (Å²) >= 11 is 7.59. The molecule has 1 atom stereocenters. The van der Waals surface area contributed by atoms with E-state index in [4.69, 9.17) is 16.3 Å². The Morgan fingerprint density at radius 2 is 1.60 bits per heavy atom. The van der Waals surface area contributed by atoms with Crippen molar-refractivity contribution in [3.05, 3.63) is 83.4 Å². The molecule has 0 radical (unpaired) electrons. The lowest BCUT2D eigenvalue weighted by Gasteiger charge is -2.33. The minimum Gasteiger partial charge on any atom is -0.494 e. The van der Waals surface area contributed by atoms with Crippen molar-refractivity contribution in [2.45, 2.75) is 62.4 Å². The topological polar surface area (TPSA) is 96.0 Å². The molecule has 0 saturated heterocycles. The van der Waals surface area contributed by atoms with Crippen LogP contribution in [0.3, 0.4) is 0 Å². The molecule has 0 fully saturated rings. The number of rotatable bonds is 16. The molecule has 232 valence electrons. The molecule has 1 unspecified atom stereocenters. The third-order valence-corrected chi connectivity index (χ3v) is 9.63. The van der Waals surface area contributed by atoms with Gasteiger partial charge in [-0.05, 0) is 92.2 Å². The van der Waals surface area contributed by atoms with Crippen LogP contribution in [-0.4, -0.2) is 57.1 Å². The second kappa shape index (κ2) is 16.6. The fourth-order valence-corrected chi connectivity index (χ4v) is 6.44. The van der Waals surface area contributed by atoms with Crippen LogP contribution in [0, 0.1) is 0 Å². The number of hydrogen-bond acceptors (Lipinski definition) is 6. The maximum atomic E-state index is 14.2. The third-order valence-electron chi connectivity index (χ3n) is 6.84. The maximum Gasteiger partial charge on any atom is 0.264 e. The van der Waals surface area contributed by atoms with Crippen LogP contribution in [0.5, 0.6) is 5.75 Å². The first kappa shape index (κ1) is 34.3. The number of sulfonamides is 1. The molecule has 2 amide bonds. The molecule has 0 saturated carbocycles. The molecule has 3 aromatic rings. The quantitative estimate of drug-likeness (QED) is 0.143. The molecular formula is C32H40ClN3O5S2. The zero-order valence-electron chi connectivity index (χ0n) is 25.1. The second-order valence-corrected chi connectivity index (χ2v) is 13.0. The molecule has 0 aromatic heterocycles. The Labute approximate surface area is 264 Å². The highest BCUT2D eigenvalue weighted by atomic mass is 35.5. The minimum absolute atomic E-state index is 0.0561. The molecular weight excluding hydrogens is 606 g/mol. The van der Waals surface area contributed by atoms with Crippen LogP contribution < -0.4 is 14.4 Å². The lowest BCUT2D eigenvalue weighted by Crippen LogP contribution is -2.52. The van der Waals surface area contributed by atoms with E-state index in [1.165, 1.54) is 28.8 Å². The average molecular weight is 646 g/mol. The van der Waals surface area contributed by atoms with Crippen LogP contribution in [0.25, 0.3) is 0 Å². The van der Waals surface area contributed by atoms with Gasteiger partial charge in [0.05, 0.1) is 17.2 Å². The number of carbonyl (C=O) groups excluding carboxylic acids is 2. The summed E-state index contributed by atoms with van der Waals surface area (Å²) in [6, 6.07) is 19.3. The first-order valence-electron chi connectivity index (χ1n) is 14.4. The number of carbonyl (C=O) groups is 2. The van der Waals surface area contributed by atoms with Crippen molar-refractivity contribution in [1.29, 1.82) is 0 Å². The molecule has 3 rings (SSSR count). The number of thioether (sulfide) groups is 1. The van der Waals surface area contributed by atoms with Gasteiger partial charge in [-0.3, -0.25) is 13.9 Å². The Morgan fingerprint density at radius 3 is 2.16 bits per heavy atom. The molecule has 0 aliphatic heterocycles. The summed E-state index contributed by atoms with van der Waals surface area (Å²) in [5.74, 6) is -0.203. The van der Waals surface area contributed by atoms with Crippen molar-refractivity contribution in [3.8, 4) is 5.75 Å². The first-order valence-corrected chi connectivity index (χ1v) is 17.4. The number of benzene rings is 3. The van der Waals surface area contributed by atoms with Crippen LogP contribution in [0.2, 0.25) is 5.02 Å². The van der Waals surface area contributed by atoms with E-state index in [1.807, 2.05) is 27.0 Å². The largest absolute Gasteiger partial charge is 0.494 e. The molecule has 3 aromatic carbocycles. The van der Waals surface area contributed by atoms with E-state index in [0.29, 0.717) is 36.0 Å². The van der Waals surface area contributed by atoms with Gasteiger partial charge in [-0.2, -0.15) is 0 Å². The summed E-state index contributed by atoms with van der Waals surface area (Å²) in [5, 5.41) is 3.48. The van der Waals surface area contributed by atoms with Crippen LogP contribution >= 0.6 is 23.4 Å². The molecule has 0 bridgehead atoms. The van der Waals surface area contributed by atoms with Gasteiger partial charge in [0.2, 0.25) is 11.8 Å². The van der Waals surface area contributed by atoms with Crippen molar-refractivity contribution in [2.24, 2.45) is 0 Å². The predicted octanol–water partition coefficient (Wildman–Crippen LogP) is 6.38. The van der Waals surface area contributed by atoms with Gasteiger partial charge in [-0.1, -0.05) is 44.0 Å². The lowest BCUT2D eigenvalue weighted by molar-refractivity contribution is -0.140. The summed E-state index contributed by atoms with van der Waals surface area (Å²) < 4.78 is 34.8. The summed E-state index contributed by atoms with van der Waals surface area (Å²) in [7, 11) is -4.16. The summed E-state index contributed by atoms with van der Waals surface area (Å²) in [4.78, 5) is 29.9. The Hall–Kier alpha value is -3.21. The second-order valence-electron chi connectivity index (χ2n) is 9.83. The van der Waals surface area contributed by atoms with Gasteiger partial charge in [0, 0.05) is 23.0 Å². The Morgan fingerprint density at radius 1 is 0.953 bits per heavy atom. The molecule has 43 heavy (non-hydrogen) atoms. The number of anilines is 1. The van der Waals surface area contributed by atoms with Crippen molar-refractivity contribution in [2.75, 3.05) is 30.3 Å². The molecule has 0 heterocycles. The lowest BCUT2D eigenvalue weighted by atomic mass is 10.1. The van der Waals surface area contributed by atoms with Gasteiger partial charge in [-0.25, -0.2) is 8.42 Å². The zero-order chi connectivity index (χ0) is 31.4. The normalized spacial score (nSPS) is 11.9. The van der Waals surface area contributed by atoms with E-state index < -0.39 is 28.5 Å². The molecule has 8 nitrogen and oxygen atoms in total. The fraction of sp³-hybridized carbons (Fsp3) is 0.375. The highest BCUT2D eigenvalue weighted by molar-refractivity contribution is 7.98. The fourth-order valence-electron chi connectivity index (χ4n) is 4.49. The van der Waals surface area contributed by atoms with E-state index in [0.717, 1.165) is 27.6 Å². The highest BCUT2D eigenvalue weighted by Gasteiger charge is 2.33. The number of ether oxygens (including phenoxy) is 1. The van der Waals surface area contributed by atoms with Gasteiger partial charge in [-0.15, -0.1) is 11.8 Å². The van der Waals surface area contributed by atoms with Crippen molar-refractivity contribution in [1.82, 2.24) is 10.2 Å². The Bertz CT molecular complexity index is 1430. The maximum absolute atomic E-state index is 14.2. The van der Waals surface area contributed by atoms with Gasteiger partial charge in [0.1, 0.15) is 18.3 Å². The summed E-state index contributed by atoms with van der Waals surface area (Å²) in [6.07, 6.45) is 3.99. The van der Waals surface area contributed by atoms with Crippen molar-refractivity contribution in [3.63, 3.8) is 0 Å².